The van der Waals surface area contributed by atoms with Crippen molar-refractivity contribution < 1.29 is 18.8 Å². The Hall–Kier alpha value is -3.35. The van der Waals surface area contributed by atoms with Gasteiger partial charge in [-0.3, -0.25) is 9.36 Å². The average Bonchev–Trinajstić information content (AvgIpc) is 3.18. The van der Waals surface area contributed by atoms with Crippen LogP contribution in [0.5, 0.6) is 0 Å². The van der Waals surface area contributed by atoms with Crippen LogP contribution in [-0.2, 0) is 4.74 Å². The molecule has 0 spiro atoms. The third kappa shape index (κ3) is 3.48. The molecular formula is C20H21N3O4. The van der Waals surface area contributed by atoms with Gasteiger partial charge < -0.3 is 14.6 Å². The van der Waals surface area contributed by atoms with E-state index in [1.54, 1.807) is 24.3 Å². The number of methoxy groups -OCH3 is 1. The SMILES string of the molecule is COC(=O)c1ccc(C)c(NC(=O)c2cc(C)n(-c3cc(C)on3)c2C)c1. The number of anilines is 1. The maximum Gasteiger partial charge on any atom is 0.337 e. The Kier molecular flexibility index (Phi) is 4.85. The van der Waals surface area contributed by atoms with Crippen LogP contribution >= 0.6 is 0 Å². The van der Waals surface area contributed by atoms with Crippen LogP contribution in [0.3, 0.4) is 0 Å². The molecule has 0 fully saturated rings. The van der Waals surface area contributed by atoms with Crippen LogP contribution in [-0.4, -0.2) is 28.7 Å². The average molecular weight is 367 g/mol. The number of carbonyl (C=O) groups excluding carboxylic acids is 2. The Morgan fingerprint density at radius 1 is 1.11 bits per heavy atom. The zero-order chi connectivity index (χ0) is 19.7. The fourth-order valence-corrected chi connectivity index (χ4v) is 3.00. The van der Waals surface area contributed by atoms with Gasteiger partial charge in [0.2, 0.25) is 0 Å². The van der Waals surface area contributed by atoms with Gasteiger partial charge in [0, 0.05) is 23.1 Å². The maximum absolute atomic E-state index is 12.9. The fourth-order valence-electron chi connectivity index (χ4n) is 3.00. The Morgan fingerprint density at radius 3 is 2.48 bits per heavy atom. The summed E-state index contributed by atoms with van der Waals surface area (Å²) in [5, 5.41) is 6.90. The minimum atomic E-state index is -0.454. The molecule has 1 amide bonds. The molecule has 0 atom stereocenters. The summed E-state index contributed by atoms with van der Waals surface area (Å²) >= 11 is 0. The van der Waals surface area contributed by atoms with Gasteiger partial charge >= 0.3 is 5.97 Å². The predicted molar refractivity (Wildman–Crippen MR) is 101 cm³/mol. The van der Waals surface area contributed by atoms with Crippen LogP contribution in [0.1, 0.15) is 43.4 Å². The molecule has 2 heterocycles. The number of amides is 1. The minimum absolute atomic E-state index is 0.264. The minimum Gasteiger partial charge on any atom is -0.465 e. The summed E-state index contributed by atoms with van der Waals surface area (Å²) in [4.78, 5) is 24.6. The second-order valence-corrected chi connectivity index (χ2v) is 6.39. The van der Waals surface area contributed by atoms with Gasteiger partial charge in [0.25, 0.3) is 5.91 Å². The first kappa shape index (κ1) is 18.4. The second kappa shape index (κ2) is 7.11. The molecule has 0 radical (unpaired) electrons. The van der Waals surface area contributed by atoms with Crippen LogP contribution in [0.25, 0.3) is 5.82 Å². The fraction of sp³-hybridized carbons (Fsp3) is 0.250. The lowest BCUT2D eigenvalue weighted by atomic mass is 10.1. The maximum atomic E-state index is 12.9. The number of nitrogens with zero attached hydrogens (tertiary/aromatic N) is 2. The molecular weight excluding hydrogens is 346 g/mol. The van der Waals surface area contributed by atoms with Crippen molar-refractivity contribution in [2.24, 2.45) is 0 Å². The van der Waals surface area contributed by atoms with Gasteiger partial charge in [-0.2, -0.15) is 0 Å². The summed E-state index contributed by atoms with van der Waals surface area (Å²) in [6, 6.07) is 8.65. The highest BCUT2D eigenvalue weighted by Gasteiger charge is 2.19. The van der Waals surface area contributed by atoms with Crippen LogP contribution in [0.4, 0.5) is 5.69 Å². The molecule has 0 saturated heterocycles. The van der Waals surface area contributed by atoms with Crippen molar-refractivity contribution in [3.05, 3.63) is 64.2 Å². The molecule has 3 aromatic rings. The van der Waals surface area contributed by atoms with Gasteiger partial charge in [0.05, 0.1) is 18.2 Å². The summed E-state index contributed by atoms with van der Waals surface area (Å²) in [6.07, 6.45) is 0. The van der Waals surface area contributed by atoms with E-state index >= 15 is 0 Å². The number of esters is 1. The molecule has 0 bridgehead atoms. The van der Waals surface area contributed by atoms with E-state index in [2.05, 4.69) is 10.5 Å². The number of nitrogens with one attached hydrogen (secondary N) is 1. The van der Waals surface area contributed by atoms with Crippen molar-refractivity contribution in [1.29, 1.82) is 0 Å². The lowest BCUT2D eigenvalue weighted by molar-refractivity contribution is 0.0600. The number of hydrogen-bond acceptors (Lipinski definition) is 5. The quantitative estimate of drug-likeness (QED) is 0.710. The molecule has 0 unspecified atom stereocenters. The summed E-state index contributed by atoms with van der Waals surface area (Å²) in [5.74, 6) is 0.605. The van der Waals surface area contributed by atoms with E-state index in [9.17, 15) is 9.59 Å². The first-order valence-electron chi connectivity index (χ1n) is 8.44. The highest BCUT2D eigenvalue weighted by atomic mass is 16.5. The van der Waals surface area contributed by atoms with Crippen LogP contribution in [0.15, 0.2) is 34.9 Å². The molecule has 7 nitrogen and oxygen atoms in total. The van der Waals surface area contributed by atoms with Crippen molar-refractivity contribution >= 4 is 17.6 Å². The Morgan fingerprint density at radius 2 is 1.85 bits per heavy atom. The first-order valence-corrected chi connectivity index (χ1v) is 8.44. The van der Waals surface area contributed by atoms with E-state index in [0.29, 0.717) is 28.4 Å². The van der Waals surface area contributed by atoms with Crippen LogP contribution < -0.4 is 5.32 Å². The van der Waals surface area contributed by atoms with Crippen LogP contribution in [0.2, 0.25) is 0 Å². The molecule has 0 aliphatic carbocycles. The largest absolute Gasteiger partial charge is 0.465 e. The van der Waals surface area contributed by atoms with Crippen LogP contribution in [0, 0.1) is 27.7 Å². The number of aromatic nitrogens is 2. The highest BCUT2D eigenvalue weighted by molar-refractivity contribution is 6.06. The zero-order valence-corrected chi connectivity index (χ0v) is 15.9. The summed E-state index contributed by atoms with van der Waals surface area (Å²) < 4.78 is 11.7. The van der Waals surface area contributed by atoms with Gasteiger partial charge in [-0.25, -0.2) is 4.79 Å². The molecule has 0 aliphatic heterocycles. The molecule has 0 saturated carbocycles. The molecule has 3 rings (SSSR count). The number of benzene rings is 1. The summed E-state index contributed by atoms with van der Waals surface area (Å²) in [6.45, 7) is 7.42. The Balaban J connectivity index is 1.93. The standard InChI is InChI=1S/C20H21N3O4/c1-11-6-7-15(20(25)26-5)10-17(11)21-19(24)16-8-12(2)23(14(16)4)18-9-13(3)27-22-18/h6-10H,1-5H3,(H,21,24). The van der Waals surface area contributed by atoms with Crippen molar-refractivity contribution in [2.75, 3.05) is 12.4 Å². The highest BCUT2D eigenvalue weighted by Crippen LogP contribution is 2.23. The first-order chi connectivity index (χ1) is 12.8. The summed E-state index contributed by atoms with van der Waals surface area (Å²) in [7, 11) is 1.32. The second-order valence-electron chi connectivity index (χ2n) is 6.39. The molecule has 140 valence electrons. The van der Waals surface area contributed by atoms with Gasteiger partial charge in [0.15, 0.2) is 5.82 Å². The smallest absolute Gasteiger partial charge is 0.337 e. The predicted octanol–water partition coefficient (Wildman–Crippen LogP) is 3.74. The Labute approximate surface area is 156 Å². The number of aryl methyl sites for hydroxylation is 3. The number of ether oxygens (including phenoxy) is 1. The third-order valence-corrected chi connectivity index (χ3v) is 4.43. The van der Waals surface area contributed by atoms with Crippen molar-refractivity contribution in [1.82, 2.24) is 9.72 Å². The van der Waals surface area contributed by atoms with E-state index in [4.69, 9.17) is 9.26 Å². The molecule has 0 aliphatic rings. The number of rotatable bonds is 4. The lowest BCUT2D eigenvalue weighted by Gasteiger charge is -2.10. The monoisotopic (exact) mass is 367 g/mol. The van der Waals surface area contributed by atoms with E-state index in [1.807, 2.05) is 38.3 Å². The number of carbonyl (C=O) groups is 2. The zero-order valence-electron chi connectivity index (χ0n) is 15.9. The normalized spacial score (nSPS) is 10.7. The van der Waals surface area contributed by atoms with Gasteiger partial charge in [-0.1, -0.05) is 11.2 Å². The Bertz CT molecular complexity index is 1030. The van der Waals surface area contributed by atoms with E-state index in [0.717, 1.165) is 17.0 Å². The van der Waals surface area contributed by atoms with E-state index in [1.165, 1.54) is 7.11 Å². The number of hydrogen-bond donors (Lipinski definition) is 1. The molecule has 27 heavy (non-hydrogen) atoms. The topological polar surface area (TPSA) is 86.4 Å². The third-order valence-electron chi connectivity index (χ3n) is 4.43. The van der Waals surface area contributed by atoms with E-state index in [-0.39, 0.29) is 5.91 Å². The van der Waals surface area contributed by atoms with Crippen molar-refractivity contribution in [3.8, 4) is 5.82 Å². The van der Waals surface area contributed by atoms with Gasteiger partial charge in [0.1, 0.15) is 5.76 Å². The lowest BCUT2D eigenvalue weighted by Crippen LogP contribution is -2.14. The summed E-state index contributed by atoms with van der Waals surface area (Å²) in [5.41, 5.74) is 3.92. The van der Waals surface area contributed by atoms with E-state index < -0.39 is 5.97 Å². The van der Waals surface area contributed by atoms with Gasteiger partial charge in [-0.15, -0.1) is 0 Å². The van der Waals surface area contributed by atoms with Gasteiger partial charge in [-0.05, 0) is 51.5 Å². The molecule has 7 heteroatoms. The van der Waals surface area contributed by atoms with Crippen molar-refractivity contribution in [2.45, 2.75) is 27.7 Å². The van der Waals surface area contributed by atoms with Crippen molar-refractivity contribution in [3.63, 3.8) is 0 Å². The molecule has 1 N–H and O–H groups in total. The molecule has 1 aromatic carbocycles. The molecule has 2 aromatic heterocycles.